The van der Waals surface area contributed by atoms with Gasteiger partial charge in [-0.1, -0.05) is 12.1 Å². The highest BCUT2D eigenvalue weighted by Gasteiger charge is 2.30. The van der Waals surface area contributed by atoms with E-state index in [0.29, 0.717) is 11.3 Å². The number of hydrogen-bond acceptors (Lipinski definition) is 2. The van der Waals surface area contributed by atoms with Crippen molar-refractivity contribution < 1.29 is 18.0 Å². The lowest BCUT2D eigenvalue weighted by molar-refractivity contribution is -0.137. The molecule has 0 aliphatic rings. The van der Waals surface area contributed by atoms with Crippen LogP contribution in [0.15, 0.2) is 48.7 Å². The summed E-state index contributed by atoms with van der Waals surface area (Å²) in [5.74, 6) is 0.0657. The van der Waals surface area contributed by atoms with Crippen LogP contribution in [-0.4, -0.2) is 15.3 Å². The van der Waals surface area contributed by atoms with Crippen LogP contribution >= 0.6 is 0 Å². The van der Waals surface area contributed by atoms with Gasteiger partial charge in [0.2, 0.25) is 0 Å². The lowest BCUT2D eigenvalue weighted by Gasteiger charge is -2.09. The van der Waals surface area contributed by atoms with Gasteiger partial charge in [0, 0.05) is 11.9 Å². The van der Waals surface area contributed by atoms with Crippen molar-refractivity contribution in [3.05, 3.63) is 65.7 Å². The normalized spacial score (nSPS) is 11.7. The molecule has 0 radical (unpaired) electrons. The third kappa shape index (κ3) is 2.90. The standard InChI is InChI=1S/C16H12F3N3O/c1-10-20-14(13-7-2-3-8-22(10)13)15(23)21-12-6-4-5-11(9-12)16(17,18)19/h2-9H,1H3,(H,21,23). The minimum atomic E-state index is -4.46. The molecule has 0 fully saturated rings. The fraction of sp³-hybridized carbons (Fsp3) is 0.125. The number of halogens is 3. The zero-order chi connectivity index (χ0) is 16.6. The SMILES string of the molecule is Cc1nc(C(=O)Nc2cccc(C(F)(F)F)c2)c2ccccn12. The first-order valence-corrected chi connectivity index (χ1v) is 6.78. The van der Waals surface area contributed by atoms with Gasteiger partial charge in [-0.2, -0.15) is 13.2 Å². The fourth-order valence-electron chi connectivity index (χ4n) is 2.32. The van der Waals surface area contributed by atoms with E-state index >= 15 is 0 Å². The lowest BCUT2D eigenvalue weighted by Crippen LogP contribution is -2.14. The van der Waals surface area contributed by atoms with Crippen LogP contribution in [0.4, 0.5) is 18.9 Å². The second-order valence-electron chi connectivity index (χ2n) is 5.00. The van der Waals surface area contributed by atoms with E-state index in [1.54, 1.807) is 35.7 Å². The van der Waals surface area contributed by atoms with Crippen LogP contribution in [-0.2, 0) is 6.18 Å². The summed E-state index contributed by atoms with van der Waals surface area (Å²) < 4.78 is 39.9. The molecule has 23 heavy (non-hydrogen) atoms. The summed E-state index contributed by atoms with van der Waals surface area (Å²) >= 11 is 0. The topological polar surface area (TPSA) is 46.4 Å². The Labute approximate surface area is 129 Å². The molecule has 0 atom stereocenters. The molecule has 1 amide bonds. The van der Waals surface area contributed by atoms with Crippen molar-refractivity contribution in [1.29, 1.82) is 0 Å². The molecule has 0 aliphatic carbocycles. The van der Waals surface area contributed by atoms with Gasteiger partial charge in [0.15, 0.2) is 5.69 Å². The van der Waals surface area contributed by atoms with Crippen molar-refractivity contribution >= 4 is 17.1 Å². The highest BCUT2D eigenvalue weighted by atomic mass is 19.4. The van der Waals surface area contributed by atoms with Gasteiger partial charge in [0.05, 0.1) is 11.1 Å². The van der Waals surface area contributed by atoms with E-state index in [4.69, 9.17) is 0 Å². The third-order valence-corrected chi connectivity index (χ3v) is 3.39. The Kier molecular flexibility index (Phi) is 3.55. The molecule has 0 spiro atoms. The fourth-order valence-corrected chi connectivity index (χ4v) is 2.32. The van der Waals surface area contributed by atoms with E-state index in [9.17, 15) is 18.0 Å². The average molecular weight is 319 g/mol. The quantitative estimate of drug-likeness (QED) is 0.778. The van der Waals surface area contributed by atoms with Gasteiger partial charge < -0.3 is 9.72 Å². The predicted molar refractivity (Wildman–Crippen MR) is 79.3 cm³/mol. The van der Waals surface area contributed by atoms with E-state index in [1.165, 1.54) is 12.1 Å². The van der Waals surface area contributed by atoms with Gasteiger partial charge in [-0.25, -0.2) is 4.98 Å². The van der Waals surface area contributed by atoms with Crippen LogP contribution in [0.25, 0.3) is 5.52 Å². The average Bonchev–Trinajstić information content (AvgIpc) is 2.85. The molecule has 118 valence electrons. The predicted octanol–water partition coefficient (Wildman–Crippen LogP) is 3.91. The number of nitrogens with zero attached hydrogens (tertiary/aromatic N) is 2. The molecular formula is C16H12F3N3O. The number of aromatic nitrogens is 2. The maximum atomic E-state index is 12.7. The summed E-state index contributed by atoms with van der Waals surface area (Å²) in [6, 6.07) is 9.77. The van der Waals surface area contributed by atoms with E-state index < -0.39 is 17.6 Å². The Morgan fingerprint density at radius 1 is 1.17 bits per heavy atom. The van der Waals surface area contributed by atoms with Gasteiger partial charge in [-0.3, -0.25) is 4.79 Å². The Morgan fingerprint density at radius 2 is 1.96 bits per heavy atom. The molecule has 1 aromatic carbocycles. The van der Waals surface area contributed by atoms with E-state index in [2.05, 4.69) is 10.3 Å². The van der Waals surface area contributed by atoms with Crippen molar-refractivity contribution in [1.82, 2.24) is 9.38 Å². The molecule has 0 bridgehead atoms. The van der Waals surface area contributed by atoms with E-state index in [1.807, 2.05) is 0 Å². The smallest absolute Gasteiger partial charge is 0.321 e. The van der Waals surface area contributed by atoms with Crippen LogP contribution < -0.4 is 5.32 Å². The second-order valence-corrected chi connectivity index (χ2v) is 5.00. The number of anilines is 1. The molecule has 0 unspecified atom stereocenters. The summed E-state index contributed by atoms with van der Waals surface area (Å²) in [4.78, 5) is 16.5. The minimum Gasteiger partial charge on any atom is -0.321 e. The summed E-state index contributed by atoms with van der Waals surface area (Å²) in [6.45, 7) is 1.74. The molecule has 1 N–H and O–H groups in total. The number of alkyl halides is 3. The number of nitrogens with one attached hydrogen (secondary N) is 1. The third-order valence-electron chi connectivity index (χ3n) is 3.39. The van der Waals surface area contributed by atoms with Gasteiger partial charge in [-0.15, -0.1) is 0 Å². The highest BCUT2D eigenvalue weighted by Crippen LogP contribution is 2.30. The molecule has 4 nitrogen and oxygen atoms in total. The van der Waals surface area contributed by atoms with Crippen LogP contribution in [0.3, 0.4) is 0 Å². The number of pyridine rings is 1. The Balaban J connectivity index is 1.93. The number of carbonyl (C=O) groups excluding carboxylic acids is 1. The number of rotatable bonds is 2. The molecular weight excluding hydrogens is 307 g/mol. The van der Waals surface area contributed by atoms with Gasteiger partial charge in [0.25, 0.3) is 5.91 Å². The summed E-state index contributed by atoms with van der Waals surface area (Å²) in [5, 5.41) is 2.46. The molecule has 7 heteroatoms. The first-order valence-electron chi connectivity index (χ1n) is 6.78. The highest BCUT2D eigenvalue weighted by molar-refractivity contribution is 6.07. The monoisotopic (exact) mass is 319 g/mol. The summed E-state index contributed by atoms with van der Waals surface area (Å²) in [7, 11) is 0. The molecule has 0 saturated heterocycles. The number of aryl methyl sites for hydroxylation is 1. The lowest BCUT2D eigenvalue weighted by atomic mass is 10.2. The van der Waals surface area contributed by atoms with Gasteiger partial charge >= 0.3 is 6.18 Å². The molecule has 2 aromatic heterocycles. The van der Waals surface area contributed by atoms with E-state index in [-0.39, 0.29) is 11.4 Å². The zero-order valence-corrected chi connectivity index (χ0v) is 12.1. The summed E-state index contributed by atoms with van der Waals surface area (Å²) in [6.07, 6.45) is -2.70. The van der Waals surface area contributed by atoms with Crippen molar-refractivity contribution in [2.75, 3.05) is 5.32 Å². The van der Waals surface area contributed by atoms with Crippen molar-refractivity contribution in [3.8, 4) is 0 Å². The van der Waals surface area contributed by atoms with Crippen LogP contribution in [0.5, 0.6) is 0 Å². The molecule has 0 saturated carbocycles. The number of benzene rings is 1. The van der Waals surface area contributed by atoms with Crippen LogP contribution in [0, 0.1) is 6.92 Å². The molecule has 2 heterocycles. The number of imidazole rings is 1. The maximum Gasteiger partial charge on any atom is 0.416 e. The number of amides is 1. The van der Waals surface area contributed by atoms with Gasteiger partial charge in [-0.05, 0) is 37.3 Å². The number of carbonyl (C=O) groups is 1. The van der Waals surface area contributed by atoms with Crippen molar-refractivity contribution in [2.24, 2.45) is 0 Å². The van der Waals surface area contributed by atoms with Crippen molar-refractivity contribution in [3.63, 3.8) is 0 Å². The molecule has 3 rings (SSSR count). The van der Waals surface area contributed by atoms with Crippen LogP contribution in [0.2, 0.25) is 0 Å². The maximum absolute atomic E-state index is 12.7. The zero-order valence-electron chi connectivity index (χ0n) is 12.1. The Bertz CT molecular complexity index is 884. The minimum absolute atomic E-state index is 0.0690. The largest absolute Gasteiger partial charge is 0.416 e. The summed E-state index contributed by atoms with van der Waals surface area (Å²) in [5.41, 5.74) is 0.00993. The first kappa shape index (κ1) is 15.1. The first-order chi connectivity index (χ1) is 10.9. The molecule has 0 aliphatic heterocycles. The van der Waals surface area contributed by atoms with E-state index in [0.717, 1.165) is 12.1 Å². The number of hydrogen-bond donors (Lipinski definition) is 1. The van der Waals surface area contributed by atoms with Crippen LogP contribution in [0.1, 0.15) is 21.9 Å². The molecule has 3 aromatic rings. The van der Waals surface area contributed by atoms with Crippen molar-refractivity contribution in [2.45, 2.75) is 13.1 Å². The Hall–Kier alpha value is -2.83. The van der Waals surface area contributed by atoms with Gasteiger partial charge in [0.1, 0.15) is 5.82 Å². The number of fused-ring (bicyclic) bond motifs is 1. The Morgan fingerprint density at radius 3 is 2.70 bits per heavy atom. The second kappa shape index (κ2) is 5.42.